The Labute approximate surface area is 176 Å². The van der Waals surface area contributed by atoms with Gasteiger partial charge in [-0.25, -0.2) is 8.42 Å². The first-order valence-electron chi connectivity index (χ1n) is 9.72. The fourth-order valence-corrected chi connectivity index (χ4v) is 4.83. The van der Waals surface area contributed by atoms with E-state index in [4.69, 9.17) is 4.74 Å². The zero-order valence-corrected chi connectivity index (χ0v) is 17.3. The Balaban J connectivity index is 1.63. The van der Waals surface area contributed by atoms with E-state index >= 15 is 0 Å². The van der Waals surface area contributed by atoms with Crippen LogP contribution in [0.15, 0.2) is 83.8 Å². The molecule has 3 aromatic carbocycles. The molecule has 1 heterocycles. The van der Waals surface area contributed by atoms with E-state index in [0.717, 1.165) is 12.0 Å². The van der Waals surface area contributed by atoms with E-state index in [1.165, 1.54) is 16.4 Å². The maximum absolute atomic E-state index is 13.3. The minimum Gasteiger partial charge on any atom is -0.476 e. The number of sulfonamides is 1. The van der Waals surface area contributed by atoms with Gasteiger partial charge in [0.15, 0.2) is 6.10 Å². The fraction of sp³-hybridized carbons (Fsp3) is 0.174. The van der Waals surface area contributed by atoms with E-state index in [0.29, 0.717) is 17.1 Å². The zero-order valence-electron chi connectivity index (χ0n) is 16.5. The number of anilines is 2. The summed E-state index contributed by atoms with van der Waals surface area (Å²) in [5, 5.41) is 2.82. The van der Waals surface area contributed by atoms with Crippen LogP contribution in [0.1, 0.15) is 12.5 Å². The lowest BCUT2D eigenvalue weighted by molar-refractivity contribution is -0.122. The first-order valence-corrected chi connectivity index (χ1v) is 11.2. The molecule has 0 saturated carbocycles. The van der Waals surface area contributed by atoms with Gasteiger partial charge in [-0.3, -0.25) is 9.10 Å². The van der Waals surface area contributed by atoms with Gasteiger partial charge in [-0.05, 0) is 48.4 Å². The number of nitrogens with one attached hydrogen (secondary N) is 1. The number of nitrogens with zero attached hydrogens (tertiary/aromatic N) is 1. The van der Waals surface area contributed by atoms with Crippen LogP contribution in [0.2, 0.25) is 0 Å². The Morgan fingerprint density at radius 3 is 2.37 bits per heavy atom. The summed E-state index contributed by atoms with van der Waals surface area (Å²) in [7, 11) is -3.85. The van der Waals surface area contributed by atoms with Gasteiger partial charge in [0.25, 0.3) is 15.9 Å². The second-order valence-electron chi connectivity index (χ2n) is 6.96. The third-order valence-corrected chi connectivity index (χ3v) is 6.78. The van der Waals surface area contributed by atoms with Crippen molar-refractivity contribution < 1.29 is 17.9 Å². The number of hydrogen-bond acceptors (Lipinski definition) is 4. The van der Waals surface area contributed by atoms with Crippen molar-refractivity contribution in [2.24, 2.45) is 0 Å². The largest absolute Gasteiger partial charge is 0.476 e. The number of rotatable bonds is 5. The van der Waals surface area contributed by atoms with Gasteiger partial charge in [-0.2, -0.15) is 0 Å². The van der Waals surface area contributed by atoms with E-state index in [2.05, 4.69) is 12.2 Å². The Morgan fingerprint density at radius 2 is 1.67 bits per heavy atom. The number of amides is 1. The van der Waals surface area contributed by atoms with E-state index in [1.807, 2.05) is 24.3 Å². The summed E-state index contributed by atoms with van der Waals surface area (Å²) < 4.78 is 33.7. The van der Waals surface area contributed by atoms with Gasteiger partial charge in [0.05, 0.1) is 17.1 Å². The lowest BCUT2D eigenvalue weighted by Crippen LogP contribution is -2.48. The standard InChI is InChI=1S/C23H22N2O4S/c1-2-17-12-14-18(15-13-17)24-23(26)22-16-25(20-10-6-7-11-21(20)29-22)30(27,28)19-8-4-3-5-9-19/h3-15,22H,2,16H2,1H3,(H,24,26)/t22-/m0/s1. The molecular weight excluding hydrogens is 400 g/mol. The maximum atomic E-state index is 13.3. The molecule has 1 amide bonds. The predicted molar refractivity (Wildman–Crippen MR) is 116 cm³/mol. The molecular formula is C23H22N2O4S. The zero-order chi connectivity index (χ0) is 21.1. The summed E-state index contributed by atoms with van der Waals surface area (Å²) in [6.07, 6.45) is -0.0764. The van der Waals surface area contributed by atoms with Gasteiger partial charge in [0.1, 0.15) is 5.75 Å². The molecule has 1 atom stereocenters. The molecule has 4 rings (SSSR count). The van der Waals surface area contributed by atoms with Crippen LogP contribution in [0.3, 0.4) is 0 Å². The highest BCUT2D eigenvalue weighted by Gasteiger charge is 2.37. The number of benzene rings is 3. The first kappa shape index (κ1) is 20.0. The summed E-state index contributed by atoms with van der Waals surface area (Å²) in [5.74, 6) is -0.0493. The lowest BCUT2D eigenvalue weighted by atomic mass is 10.1. The van der Waals surface area contributed by atoms with E-state index in [-0.39, 0.29) is 11.4 Å². The summed E-state index contributed by atoms with van der Waals surface area (Å²) in [6, 6.07) is 22.5. The summed E-state index contributed by atoms with van der Waals surface area (Å²) in [5.41, 5.74) is 2.21. The van der Waals surface area contributed by atoms with Crippen LogP contribution >= 0.6 is 0 Å². The van der Waals surface area contributed by atoms with Crippen molar-refractivity contribution in [1.29, 1.82) is 0 Å². The molecule has 1 N–H and O–H groups in total. The number of fused-ring (bicyclic) bond motifs is 1. The fourth-order valence-electron chi connectivity index (χ4n) is 3.33. The molecule has 0 unspecified atom stereocenters. The van der Waals surface area contributed by atoms with Crippen LogP contribution in [-0.4, -0.2) is 27.0 Å². The second kappa shape index (κ2) is 8.20. The first-order chi connectivity index (χ1) is 14.5. The van der Waals surface area contributed by atoms with E-state index in [9.17, 15) is 13.2 Å². The minimum atomic E-state index is -3.85. The predicted octanol–water partition coefficient (Wildman–Crippen LogP) is 3.84. The van der Waals surface area contributed by atoms with Crippen LogP contribution in [-0.2, 0) is 21.2 Å². The number of aryl methyl sites for hydroxylation is 1. The van der Waals surface area contributed by atoms with E-state index < -0.39 is 22.0 Å². The number of carbonyl (C=O) groups is 1. The average molecular weight is 423 g/mol. The highest BCUT2D eigenvalue weighted by atomic mass is 32.2. The Bertz CT molecular complexity index is 1150. The van der Waals surface area contributed by atoms with Crippen LogP contribution in [0.4, 0.5) is 11.4 Å². The smallest absolute Gasteiger partial charge is 0.267 e. The van der Waals surface area contributed by atoms with Crippen molar-refractivity contribution in [3.05, 3.63) is 84.4 Å². The highest BCUT2D eigenvalue weighted by Crippen LogP contribution is 2.36. The van der Waals surface area contributed by atoms with Crippen molar-refractivity contribution in [1.82, 2.24) is 0 Å². The van der Waals surface area contributed by atoms with Crippen LogP contribution in [0.25, 0.3) is 0 Å². The van der Waals surface area contributed by atoms with Crippen molar-refractivity contribution in [3.8, 4) is 5.75 Å². The molecule has 6 nitrogen and oxygen atoms in total. The molecule has 7 heteroatoms. The molecule has 1 aliphatic rings. The van der Waals surface area contributed by atoms with Crippen LogP contribution < -0.4 is 14.4 Å². The van der Waals surface area contributed by atoms with Crippen molar-refractivity contribution >= 4 is 27.3 Å². The number of para-hydroxylation sites is 2. The Hall–Kier alpha value is -3.32. The maximum Gasteiger partial charge on any atom is 0.267 e. The van der Waals surface area contributed by atoms with Gasteiger partial charge in [-0.15, -0.1) is 0 Å². The number of ether oxygens (including phenoxy) is 1. The molecule has 0 aromatic heterocycles. The van der Waals surface area contributed by atoms with Gasteiger partial charge >= 0.3 is 0 Å². The third-order valence-electron chi connectivity index (χ3n) is 4.99. The van der Waals surface area contributed by atoms with Crippen molar-refractivity contribution in [2.45, 2.75) is 24.3 Å². The Morgan fingerprint density at radius 1 is 1.00 bits per heavy atom. The average Bonchev–Trinajstić information content (AvgIpc) is 2.79. The van der Waals surface area contributed by atoms with Crippen molar-refractivity contribution in [3.63, 3.8) is 0 Å². The quantitative estimate of drug-likeness (QED) is 0.678. The van der Waals surface area contributed by atoms with Gasteiger partial charge in [0, 0.05) is 5.69 Å². The molecule has 0 aliphatic carbocycles. The molecule has 30 heavy (non-hydrogen) atoms. The van der Waals surface area contributed by atoms with Crippen LogP contribution in [0, 0.1) is 0 Å². The molecule has 154 valence electrons. The minimum absolute atomic E-state index is 0.118. The molecule has 0 radical (unpaired) electrons. The monoisotopic (exact) mass is 422 g/mol. The van der Waals surface area contributed by atoms with E-state index in [1.54, 1.807) is 42.5 Å². The number of carbonyl (C=O) groups excluding carboxylic acids is 1. The van der Waals surface area contributed by atoms with Crippen LogP contribution in [0.5, 0.6) is 5.75 Å². The summed E-state index contributed by atoms with van der Waals surface area (Å²) >= 11 is 0. The Kier molecular flexibility index (Phi) is 5.46. The summed E-state index contributed by atoms with van der Waals surface area (Å²) in [4.78, 5) is 13.0. The molecule has 0 bridgehead atoms. The van der Waals surface area contributed by atoms with Crippen molar-refractivity contribution in [2.75, 3.05) is 16.2 Å². The summed E-state index contributed by atoms with van der Waals surface area (Å²) in [6.45, 7) is 1.94. The third kappa shape index (κ3) is 3.89. The number of hydrogen-bond donors (Lipinski definition) is 1. The normalized spacial score (nSPS) is 15.8. The van der Waals surface area contributed by atoms with Gasteiger partial charge in [-0.1, -0.05) is 49.4 Å². The molecule has 0 spiro atoms. The molecule has 1 aliphatic heterocycles. The van der Waals surface area contributed by atoms with Gasteiger partial charge < -0.3 is 10.1 Å². The highest BCUT2D eigenvalue weighted by molar-refractivity contribution is 7.92. The second-order valence-corrected chi connectivity index (χ2v) is 8.83. The molecule has 3 aromatic rings. The van der Waals surface area contributed by atoms with Gasteiger partial charge in [0.2, 0.25) is 0 Å². The lowest BCUT2D eigenvalue weighted by Gasteiger charge is -2.34. The SMILES string of the molecule is CCc1ccc(NC(=O)[C@@H]2CN(S(=O)(=O)c3ccccc3)c3ccccc3O2)cc1. The molecule has 0 fully saturated rings. The topological polar surface area (TPSA) is 75.7 Å². The molecule has 0 saturated heterocycles.